The van der Waals surface area contributed by atoms with Crippen LogP contribution in [0.2, 0.25) is 0 Å². The fraction of sp³-hybridized carbons (Fsp3) is 0. The van der Waals surface area contributed by atoms with Crippen molar-refractivity contribution in [2.45, 2.75) is 0 Å². The first-order chi connectivity index (χ1) is 10.6. The number of rotatable bonds is 2. The summed E-state index contributed by atoms with van der Waals surface area (Å²) in [7, 11) is 0. The molecule has 0 unspecified atom stereocenters. The Morgan fingerprint density at radius 1 is 0.727 bits per heavy atom. The van der Waals surface area contributed by atoms with Gasteiger partial charge in [0.15, 0.2) is 0 Å². The molecular weight excluding hydrogens is 284 g/mol. The van der Waals surface area contributed by atoms with Gasteiger partial charge in [-0.3, -0.25) is 20.2 Å². The predicted molar refractivity (Wildman–Crippen MR) is 83.5 cm³/mol. The van der Waals surface area contributed by atoms with Gasteiger partial charge in [-0.1, -0.05) is 30.3 Å². The molecule has 22 heavy (non-hydrogen) atoms. The second kappa shape index (κ2) is 4.11. The molecule has 0 saturated carbocycles. The first-order valence-corrected chi connectivity index (χ1v) is 6.56. The van der Waals surface area contributed by atoms with Crippen molar-refractivity contribution in [3.63, 3.8) is 0 Å². The Morgan fingerprint density at radius 3 is 2.14 bits per heavy atom. The molecule has 0 atom stereocenters. The summed E-state index contributed by atoms with van der Waals surface area (Å²) in [5, 5.41) is 26.7. The van der Waals surface area contributed by atoms with Gasteiger partial charge in [0.1, 0.15) is 0 Å². The minimum Gasteiger partial charge on any atom is -0.258 e. The number of hydrogen-bond acceptors (Lipinski definition) is 4. The van der Waals surface area contributed by atoms with Crippen molar-refractivity contribution in [2.24, 2.45) is 0 Å². The number of non-ortho nitro benzene ring substituents is 2. The van der Waals surface area contributed by atoms with Crippen LogP contribution in [0.25, 0.3) is 32.3 Å². The highest BCUT2D eigenvalue weighted by Gasteiger charge is 2.21. The molecule has 0 aliphatic rings. The van der Waals surface area contributed by atoms with E-state index in [-0.39, 0.29) is 11.4 Å². The van der Waals surface area contributed by atoms with E-state index >= 15 is 0 Å². The van der Waals surface area contributed by atoms with Crippen LogP contribution in [0.5, 0.6) is 0 Å². The van der Waals surface area contributed by atoms with Crippen molar-refractivity contribution in [2.75, 3.05) is 0 Å². The summed E-state index contributed by atoms with van der Waals surface area (Å²) in [6.07, 6.45) is 0. The Hall–Kier alpha value is -3.28. The number of nitro benzene ring substituents is 2. The molecular formula is C16H8N2O4. The first kappa shape index (κ1) is 12.5. The van der Waals surface area contributed by atoms with Gasteiger partial charge in [-0.05, 0) is 21.5 Å². The molecule has 0 radical (unpaired) electrons. The molecule has 4 aromatic rings. The van der Waals surface area contributed by atoms with Crippen molar-refractivity contribution in [1.29, 1.82) is 0 Å². The number of benzene rings is 4. The molecule has 4 rings (SSSR count). The summed E-state index contributed by atoms with van der Waals surface area (Å²) in [6.45, 7) is 0. The van der Waals surface area contributed by atoms with E-state index in [0.717, 1.165) is 16.2 Å². The molecule has 0 aliphatic carbocycles. The van der Waals surface area contributed by atoms with E-state index in [1.807, 2.05) is 24.3 Å². The van der Waals surface area contributed by atoms with Gasteiger partial charge in [0.2, 0.25) is 0 Å². The summed E-state index contributed by atoms with van der Waals surface area (Å²) in [5.74, 6) is 0. The van der Waals surface area contributed by atoms with Crippen molar-refractivity contribution in [3.05, 3.63) is 68.8 Å². The SMILES string of the molecule is O=[N+]([O-])c1cc2ccc3cccc4cc([N+](=O)[O-])c(c1)c2c34. The average molecular weight is 292 g/mol. The normalized spacial score (nSPS) is 11.5. The van der Waals surface area contributed by atoms with Gasteiger partial charge in [0.25, 0.3) is 11.4 Å². The van der Waals surface area contributed by atoms with Crippen LogP contribution in [-0.2, 0) is 0 Å². The van der Waals surface area contributed by atoms with Crippen molar-refractivity contribution < 1.29 is 9.85 Å². The zero-order valence-electron chi connectivity index (χ0n) is 11.1. The van der Waals surface area contributed by atoms with Gasteiger partial charge in [0.05, 0.1) is 15.2 Å². The smallest absolute Gasteiger partial charge is 0.258 e. The lowest BCUT2D eigenvalue weighted by Gasteiger charge is -2.10. The average Bonchev–Trinajstić information content (AvgIpc) is 2.51. The molecule has 0 aromatic heterocycles. The van der Waals surface area contributed by atoms with Crippen LogP contribution in [0.3, 0.4) is 0 Å². The van der Waals surface area contributed by atoms with E-state index in [1.54, 1.807) is 6.07 Å². The molecule has 0 aliphatic heterocycles. The summed E-state index contributed by atoms with van der Waals surface area (Å²) >= 11 is 0. The third kappa shape index (κ3) is 1.54. The van der Waals surface area contributed by atoms with E-state index < -0.39 is 9.85 Å². The summed E-state index contributed by atoms with van der Waals surface area (Å²) in [6, 6.07) is 13.4. The van der Waals surface area contributed by atoms with Crippen LogP contribution in [0.4, 0.5) is 11.4 Å². The van der Waals surface area contributed by atoms with Crippen LogP contribution in [0.1, 0.15) is 0 Å². The second-order valence-electron chi connectivity index (χ2n) is 5.15. The summed E-state index contributed by atoms with van der Waals surface area (Å²) < 4.78 is 0. The van der Waals surface area contributed by atoms with Crippen molar-refractivity contribution in [1.82, 2.24) is 0 Å². The summed E-state index contributed by atoms with van der Waals surface area (Å²) in [5.41, 5.74) is -0.256. The fourth-order valence-corrected chi connectivity index (χ4v) is 3.06. The minimum atomic E-state index is -0.530. The Kier molecular flexibility index (Phi) is 2.33. The van der Waals surface area contributed by atoms with Gasteiger partial charge < -0.3 is 0 Å². The lowest BCUT2D eigenvalue weighted by Crippen LogP contribution is -1.95. The third-order valence-corrected chi connectivity index (χ3v) is 3.95. The molecule has 0 amide bonds. The van der Waals surface area contributed by atoms with Crippen LogP contribution < -0.4 is 0 Å². The van der Waals surface area contributed by atoms with Crippen LogP contribution in [0.15, 0.2) is 48.5 Å². The minimum absolute atomic E-state index is 0.111. The third-order valence-electron chi connectivity index (χ3n) is 3.95. The lowest BCUT2D eigenvalue weighted by molar-refractivity contribution is -0.385. The number of nitro groups is 2. The molecule has 0 saturated heterocycles. The molecule has 0 fully saturated rings. The maximum Gasteiger partial charge on any atom is 0.278 e. The molecule has 0 N–H and O–H groups in total. The second-order valence-corrected chi connectivity index (χ2v) is 5.15. The molecule has 106 valence electrons. The lowest BCUT2D eigenvalue weighted by atomic mass is 9.93. The Morgan fingerprint density at radius 2 is 1.41 bits per heavy atom. The molecule has 0 bridgehead atoms. The van der Waals surface area contributed by atoms with Gasteiger partial charge in [0, 0.05) is 23.6 Å². The summed E-state index contributed by atoms with van der Waals surface area (Å²) in [4.78, 5) is 21.4. The van der Waals surface area contributed by atoms with E-state index in [9.17, 15) is 20.2 Å². The van der Waals surface area contributed by atoms with Gasteiger partial charge in [-0.25, -0.2) is 0 Å². The number of nitrogens with zero attached hydrogens (tertiary/aromatic N) is 2. The van der Waals surface area contributed by atoms with Crippen LogP contribution >= 0.6 is 0 Å². The maximum atomic E-state index is 11.4. The fourth-order valence-electron chi connectivity index (χ4n) is 3.06. The largest absolute Gasteiger partial charge is 0.278 e. The van der Waals surface area contributed by atoms with Gasteiger partial charge >= 0.3 is 0 Å². The number of hydrogen-bond donors (Lipinski definition) is 0. The standard InChI is InChI=1S/C16H8N2O4/c19-17(20)12-6-11-5-4-9-2-1-3-10-7-14(18(21)22)13(8-12)16(11)15(9)10/h1-8H. The topological polar surface area (TPSA) is 86.3 Å². The van der Waals surface area contributed by atoms with Crippen molar-refractivity contribution in [3.8, 4) is 0 Å². The predicted octanol–water partition coefficient (Wildman–Crippen LogP) is 4.40. The molecule has 0 spiro atoms. The highest BCUT2D eigenvalue weighted by molar-refractivity contribution is 6.25. The highest BCUT2D eigenvalue weighted by Crippen LogP contribution is 2.41. The van der Waals surface area contributed by atoms with Crippen LogP contribution in [-0.4, -0.2) is 9.85 Å². The van der Waals surface area contributed by atoms with Gasteiger partial charge in [-0.2, -0.15) is 0 Å². The van der Waals surface area contributed by atoms with E-state index in [2.05, 4.69) is 0 Å². The molecule has 6 heteroatoms. The van der Waals surface area contributed by atoms with Crippen molar-refractivity contribution >= 4 is 43.7 Å². The van der Waals surface area contributed by atoms with E-state index in [4.69, 9.17) is 0 Å². The Balaban J connectivity index is 2.35. The maximum absolute atomic E-state index is 11.4. The van der Waals surface area contributed by atoms with Gasteiger partial charge in [-0.15, -0.1) is 0 Å². The quantitative estimate of drug-likeness (QED) is 0.311. The highest BCUT2D eigenvalue weighted by atomic mass is 16.6. The monoisotopic (exact) mass is 292 g/mol. The molecule has 6 nitrogen and oxygen atoms in total. The molecule has 4 aromatic carbocycles. The zero-order valence-corrected chi connectivity index (χ0v) is 11.1. The molecule has 0 heterocycles. The first-order valence-electron chi connectivity index (χ1n) is 6.56. The van der Waals surface area contributed by atoms with Crippen LogP contribution in [0, 0.1) is 20.2 Å². The van der Waals surface area contributed by atoms with E-state index in [1.165, 1.54) is 18.2 Å². The zero-order chi connectivity index (χ0) is 15.4. The Bertz CT molecular complexity index is 1090. The van der Waals surface area contributed by atoms with E-state index in [0.29, 0.717) is 16.2 Å². The Labute approximate surface area is 123 Å².